The molecule has 0 saturated heterocycles. The minimum absolute atomic E-state index is 0.217. The van der Waals surface area contributed by atoms with Crippen LogP contribution in [0.2, 0.25) is 0 Å². The summed E-state index contributed by atoms with van der Waals surface area (Å²) in [5.74, 6) is -0.351. The number of methoxy groups -OCH3 is 1. The Bertz CT molecular complexity index is 961. The highest BCUT2D eigenvalue weighted by molar-refractivity contribution is 5.89. The van der Waals surface area contributed by atoms with Crippen molar-refractivity contribution in [1.82, 2.24) is 10.2 Å². The van der Waals surface area contributed by atoms with Crippen molar-refractivity contribution in [3.05, 3.63) is 39.3 Å². The Kier molecular flexibility index (Phi) is 12.8. The van der Waals surface area contributed by atoms with Crippen LogP contribution >= 0.6 is 0 Å². The lowest BCUT2D eigenvalue weighted by Crippen LogP contribution is -2.53. The highest BCUT2D eigenvalue weighted by Crippen LogP contribution is 2.24. The summed E-state index contributed by atoms with van der Waals surface area (Å²) in [6, 6.07) is 2.01. The number of esters is 1. The molecule has 2 amide bonds. The number of hydrogen-bond acceptors (Lipinski definition) is 7. The van der Waals surface area contributed by atoms with Crippen LogP contribution in [0.5, 0.6) is 5.75 Å². The maximum absolute atomic E-state index is 13.1. The molecular weight excluding hydrogens is 478 g/mol. The Morgan fingerprint density at radius 3 is 2.30 bits per heavy atom. The molecule has 0 aromatic heterocycles. The number of carbonyl (C=O) groups is 3. The lowest BCUT2D eigenvalue weighted by molar-refractivity contribution is -0.145. The van der Waals surface area contributed by atoms with E-state index in [1.807, 2.05) is 26.0 Å². The molecular formula is C26H41N5O6. The van der Waals surface area contributed by atoms with Crippen LogP contribution in [-0.2, 0) is 25.5 Å². The molecule has 0 saturated carbocycles. The van der Waals surface area contributed by atoms with E-state index in [0.29, 0.717) is 25.3 Å². The fourth-order valence-electron chi connectivity index (χ4n) is 3.78. The van der Waals surface area contributed by atoms with Crippen molar-refractivity contribution in [1.29, 1.82) is 0 Å². The fourth-order valence-corrected chi connectivity index (χ4v) is 3.78. The molecule has 0 bridgehead atoms. The number of rotatable bonds is 13. The molecule has 206 valence electrons. The number of azide groups is 1. The van der Waals surface area contributed by atoms with Gasteiger partial charge in [-0.25, -0.2) is 9.59 Å². The molecule has 0 radical (unpaired) electrons. The topological polar surface area (TPSA) is 143 Å². The van der Waals surface area contributed by atoms with Gasteiger partial charge in [0.15, 0.2) is 0 Å². The second-order valence-corrected chi connectivity index (χ2v) is 9.85. The van der Waals surface area contributed by atoms with E-state index < -0.39 is 35.7 Å². The number of amides is 2. The summed E-state index contributed by atoms with van der Waals surface area (Å²) in [5.41, 5.74) is 10.3. The van der Waals surface area contributed by atoms with Gasteiger partial charge in [-0.2, -0.15) is 0 Å². The zero-order chi connectivity index (χ0) is 28.2. The monoisotopic (exact) mass is 519 g/mol. The average molecular weight is 520 g/mol. The predicted molar refractivity (Wildman–Crippen MR) is 140 cm³/mol. The van der Waals surface area contributed by atoms with E-state index in [4.69, 9.17) is 19.7 Å². The second-order valence-electron chi connectivity index (χ2n) is 9.85. The van der Waals surface area contributed by atoms with E-state index in [1.165, 1.54) is 19.1 Å². The average Bonchev–Trinajstić information content (AvgIpc) is 2.81. The van der Waals surface area contributed by atoms with E-state index in [1.54, 1.807) is 27.7 Å². The van der Waals surface area contributed by atoms with Crippen LogP contribution in [0.4, 0.5) is 4.79 Å². The van der Waals surface area contributed by atoms with Crippen LogP contribution in [0, 0.1) is 13.8 Å². The summed E-state index contributed by atoms with van der Waals surface area (Å²) in [5, 5.41) is 6.27. The van der Waals surface area contributed by atoms with Gasteiger partial charge >= 0.3 is 12.1 Å². The first-order valence-electron chi connectivity index (χ1n) is 12.4. The maximum Gasteiger partial charge on any atom is 0.410 e. The molecule has 1 aromatic carbocycles. The van der Waals surface area contributed by atoms with E-state index in [9.17, 15) is 14.4 Å². The van der Waals surface area contributed by atoms with Crippen LogP contribution in [0.3, 0.4) is 0 Å². The lowest BCUT2D eigenvalue weighted by atomic mass is 9.95. The summed E-state index contributed by atoms with van der Waals surface area (Å²) in [6.45, 7) is 11.8. The summed E-state index contributed by atoms with van der Waals surface area (Å²) < 4.78 is 16.2. The quantitative estimate of drug-likeness (QED) is 0.132. The Hall–Kier alpha value is -3.46. The second kappa shape index (κ2) is 14.9. The third-order valence-electron chi connectivity index (χ3n) is 5.70. The van der Waals surface area contributed by atoms with E-state index in [-0.39, 0.29) is 6.42 Å². The van der Waals surface area contributed by atoms with Gasteiger partial charge in [0.25, 0.3) is 0 Å². The number of unbranched alkanes of at least 4 members (excludes halogenated alkanes) is 1. The molecule has 1 rings (SSSR count). The van der Waals surface area contributed by atoms with Gasteiger partial charge in [0.2, 0.25) is 5.91 Å². The first-order valence-corrected chi connectivity index (χ1v) is 12.4. The van der Waals surface area contributed by atoms with Crippen LogP contribution in [0.15, 0.2) is 17.2 Å². The zero-order valence-corrected chi connectivity index (χ0v) is 23.3. The van der Waals surface area contributed by atoms with Crippen LogP contribution in [-0.4, -0.2) is 67.9 Å². The van der Waals surface area contributed by atoms with Crippen molar-refractivity contribution in [2.75, 3.05) is 27.3 Å². The van der Waals surface area contributed by atoms with Gasteiger partial charge in [-0.1, -0.05) is 12.0 Å². The molecule has 0 heterocycles. The number of nitrogens with one attached hydrogen (secondary N) is 1. The van der Waals surface area contributed by atoms with Crippen molar-refractivity contribution < 1.29 is 28.6 Å². The number of ether oxygens (including phenoxy) is 3. The standard InChI is InChI=1S/C26H41N5O6/c1-9-22(31(7)25(34)37-26(4,5)6)23(32)29-21(24(33)35-8)16-20-17(2)14-19(15-18(20)3)36-13-11-10-12-28-30-27/h14-15,21-22H,9-13,16H2,1-8H3,(H,29,32)/t21-,22-/m0/s1. The summed E-state index contributed by atoms with van der Waals surface area (Å²) in [4.78, 5) is 42.2. The Morgan fingerprint density at radius 1 is 1.16 bits per heavy atom. The van der Waals surface area contributed by atoms with Gasteiger partial charge < -0.3 is 19.5 Å². The smallest absolute Gasteiger partial charge is 0.410 e. The van der Waals surface area contributed by atoms with E-state index in [0.717, 1.165) is 29.5 Å². The van der Waals surface area contributed by atoms with Gasteiger partial charge in [0, 0.05) is 24.9 Å². The van der Waals surface area contributed by atoms with Gasteiger partial charge in [-0.15, -0.1) is 0 Å². The number of benzene rings is 1. The molecule has 11 heteroatoms. The minimum Gasteiger partial charge on any atom is -0.494 e. The molecule has 1 aromatic rings. The molecule has 0 aliphatic rings. The molecule has 1 N–H and O–H groups in total. The lowest BCUT2D eigenvalue weighted by Gasteiger charge is -2.30. The molecule has 0 spiro atoms. The fraction of sp³-hybridized carbons (Fsp3) is 0.654. The number of likely N-dealkylation sites (N-methyl/N-ethyl adjacent to an activating group) is 1. The van der Waals surface area contributed by atoms with Gasteiger partial charge in [-0.05, 0) is 88.2 Å². The number of hydrogen-bond donors (Lipinski definition) is 1. The molecule has 11 nitrogen and oxygen atoms in total. The largest absolute Gasteiger partial charge is 0.494 e. The van der Waals surface area contributed by atoms with Gasteiger partial charge in [0.05, 0.1) is 13.7 Å². The highest BCUT2D eigenvalue weighted by Gasteiger charge is 2.32. The van der Waals surface area contributed by atoms with Crippen molar-refractivity contribution in [2.45, 2.75) is 84.9 Å². The van der Waals surface area contributed by atoms with Crippen molar-refractivity contribution >= 4 is 18.0 Å². The van der Waals surface area contributed by atoms with Crippen molar-refractivity contribution in [3.63, 3.8) is 0 Å². The summed E-state index contributed by atoms with van der Waals surface area (Å²) >= 11 is 0. The molecule has 0 unspecified atom stereocenters. The Morgan fingerprint density at radius 2 is 1.78 bits per heavy atom. The molecule has 0 fully saturated rings. The number of nitrogens with zero attached hydrogens (tertiary/aromatic N) is 4. The third-order valence-corrected chi connectivity index (χ3v) is 5.70. The Labute approximate surface area is 219 Å². The minimum atomic E-state index is -0.941. The Balaban J connectivity index is 2.97. The normalized spacial score (nSPS) is 12.5. The van der Waals surface area contributed by atoms with Crippen molar-refractivity contribution in [3.8, 4) is 5.75 Å². The van der Waals surface area contributed by atoms with Crippen LogP contribution < -0.4 is 10.1 Å². The number of carbonyl (C=O) groups excluding carboxylic acids is 3. The molecule has 0 aliphatic carbocycles. The van der Waals surface area contributed by atoms with E-state index >= 15 is 0 Å². The molecule has 2 atom stereocenters. The molecule has 37 heavy (non-hydrogen) atoms. The van der Waals surface area contributed by atoms with Gasteiger partial charge in [0.1, 0.15) is 23.4 Å². The highest BCUT2D eigenvalue weighted by atomic mass is 16.6. The van der Waals surface area contributed by atoms with Gasteiger partial charge in [-0.3, -0.25) is 9.69 Å². The summed E-state index contributed by atoms with van der Waals surface area (Å²) in [7, 11) is 2.77. The first-order chi connectivity index (χ1) is 17.3. The summed E-state index contributed by atoms with van der Waals surface area (Å²) in [6.07, 6.45) is 1.43. The van der Waals surface area contributed by atoms with Crippen molar-refractivity contribution in [2.24, 2.45) is 5.11 Å². The molecule has 0 aliphatic heterocycles. The third kappa shape index (κ3) is 10.6. The predicted octanol–water partition coefficient (Wildman–Crippen LogP) is 4.62. The van der Waals surface area contributed by atoms with E-state index in [2.05, 4.69) is 15.3 Å². The number of aryl methyl sites for hydroxylation is 2. The first kappa shape index (κ1) is 31.6. The maximum atomic E-state index is 13.1. The van der Waals surface area contributed by atoms with Crippen LogP contribution in [0.25, 0.3) is 10.4 Å². The SMILES string of the molecule is CC[C@@H](C(=O)N[C@@H](Cc1c(C)cc(OCCCCN=[N+]=[N-])cc1C)C(=O)OC)N(C)C(=O)OC(C)(C)C. The zero-order valence-electron chi connectivity index (χ0n) is 23.3. The van der Waals surface area contributed by atoms with Crippen LogP contribution in [0.1, 0.15) is 63.6 Å².